The van der Waals surface area contributed by atoms with Gasteiger partial charge in [-0.1, -0.05) is 44.2 Å². The average molecular weight is 304 g/mol. The van der Waals surface area contributed by atoms with Gasteiger partial charge in [-0.3, -0.25) is 4.99 Å². The lowest BCUT2D eigenvalue weighted by molar-refractivity contribution is 0.273. The summed E-state index contributed by atoms with van der Waals surface area (Å²) in [5, 5.41) is 3.18. The number of nitrogens with one attached hydrogen (secondary N) is 1. The monoisotopic (exact) mass is 304 g/mol. The predicted molar refractivity (Wildman–Crippen MR) is 96.3 cm³/mol. The number of hydrogen-bond acceptors (Lipinski definition) is 2. The highest BCUT2D eigenvalue weighted by atomic mass is 15.1. The Morgan fingerprint density at radius 2 is 1.77 bits per heavy atom. The van der Waals surface area contributed by atoms with E-state index in [1.807, 2.05) is 6.07 Å². The lowest BCUT2D eigenvalue weighted by Gasteiger charge is -2.20. The maximum absolute atomic E-state index is 5.90. The highest BCUT2D eigenvalue weighted by molar-refractivity contribution is 5.77. The first-order valence-corrected chi connectivity index (χ1v) is 8.56. The molecular weight excluding hydrogens is 272 g/mol. The van der Waals surface area contributed by atoms with Crippen molar-refractivity contribution in [2.75, 3.05) is 32.7 Å². The van der Waals surface area contributed by atoms with Crippen molar-refractivity contribution >= 4 is 5.96 Å². The number of rotatable bonds is 11. The number of hydrogen-bond donors (Lipinski definition) is 2. The number of aliphatic imine (C=N–C) groups is 1. The Labute approximate surface area is 135 Å². The fourth-order valence-corrected chi connectivity index (χ4v) is 2.50. The second kappa shape index (κ2) is 12.0. The molecule has 0 saturated heterocycles. The maximum atomic E-state index is 5.90. The molecule has 1 aromatic rings. The van der Waals surface area contributed by atoms with Crippen LogP contribution in [0.5, 0.6) is 0 Å². The van der Waals surface area contributed by atoms with Crippen LogP contribution in [0.4, 0.5) is 0 Å². The smallest absolute Gasteiger partial charge is 0.188 e. The third-order valence-electron chi connectivity index (χ3n) is 3.56. The van der Waals surface area contributed by atoms with Crippen LogP contribution in [0, 0.1) is 0 Å². The molecule has 0 bridgehead atoms. The first-order valence-electron chi connectivity index (χ1n) is 8.56. The van der Waals surface area contributed by atoms with Crippen LogP contribution >= 0.6 is 0 Å². The molecule has 0 aliphatic carbocycles. The van der Waals surface area contributed by atoms with E-state index in [1.165, 1.54) is 31.5 Å². The summed E-state index contributed by atoms with van der Waals surface area (Å²) in [4.78, 5) is 6.91. The van der Waals surface area contributed by atoms with Gasteiger partial charge >= 0.3 is 0 Å². The fourth-order valence-electron chi connectivity index (χ4n) is 2.50. The van der Waals surface area contributed by atoms with E-state index in [4.69, 9.17) is 5.73 Å². The van der Waals surface area contributed by atoms with Crippen LogP contribution in [0.1, 0.15) is 38.7 Å². The van der Waals surface area contributed by atoms with Crippen LogP contribution in [-0.2, 0) is 6.42 Å². The van der Waals surface area contributed by atoms with E-state index in [9.17, 15) is 0 Å². The third-order valence-corrected chi connectivity index (χ3v) is 3.56. The molecule has 4 heteroatoms. The van der Waals surface area contributed by atoms with Gasteiger partial charge in [-0.15, -0.1) is 0 Å². The van der Waals surface area contributed by atoms with E-state index in [1.54, 1.807) is 0 Å². The van der Waals surface area contributed by atoms with Crippen LogP contribution in [0.2, 0.25) is 0 Å². The van der Waals surface area contributed by atoms with Gasteiger partial charge in [0.15, 0.2) is 5.96 Å². The number of benzene rings is 1. The van der Waals surface area contributed by atoms with Crippen molar-refractivity contribution in [3.63, 3.8) is 0 Å². The van der Waals surface area contributed by atoms with Gasteiger partial charge in [0.1, 0.15) is 0 Å². The van der Waals surface area contributed by atoms with Crippen LogP contribution in [0.3, 0.4) is 0 Å². The number of nitrogens with two attached hydrogens (primary N) is 1. The van der Waals surface area contributed by atoms with E-state index in [0.29, 0.717) is 5.96 Å². The zero-order chi connectivity index (χ0) is 16.0. The molecule has 0 saturated carbocycles. The highest BCUT2D eigenvalue weighted by Gasteiger charge is 2.01. The summed E-state index contributed by atoms with van der Waals surface area (Å²) in [6.45, 7) is 9.57. The SMILES string of the molecule is CCCN(CCC)CCCN=C(N)NCCc1ccccc1. The van der Waals surface area contributed by atoms with Crippen molar-refractivity contribution in [1.29, 1.82) is 0 Å². The van der Waals surface area contributed by atoms with Gasteiger partial charge in [0.05, 0.1) is 0 Å². The van der Waals surface area contributed by atoms with Gasteiger partial charge in [-0.05, 0) is 50.9 Å². The Balaban J connectivity index is 2.14. The molecule has 0 heterocycles. The quantitative estimate of drug-likeness (QED) is 0.375. The Bertz CT molecular complexity index is 397. The summed E-state index contributed by atoms with van der Waals surface area (Å²) in [6.07, 6.45) is 4.47. The molecule has 124 valence electrons. The topological polar surface area (TPSA) is 53.6 Å². The molecular formula is C18H32N4. The van der Waals surface area contributed by atoms with Crippen LogP contribution in [0.25, 0.3) is 0 Å². The van der Waals surface area contributed by atoms with Gasteiger partial charge in [0.25, 0.3) is 0 Å². The zero-order valence-electron chi connectivity index (χ0n) is 14.2. The molecule has 0 fully saturated rings. The number of nitrogens with zero attached hydrogens (tertiary/aromatic N) is 2. The van der Waals surface area contributed by atoms with E-state index >= 15 is 0 Å². The van der Waals surface area contributed by atoms with Crippen LogP contribution in [0.15, 0.2) is 35.3 Å². The molecule has 0 aliphatic rings. The fraction of sp³-hybridized carbons (Fsp3) is 0.611. The molecule has 0 atom stereocenters. The summed E-state index contributed by atoms with van der Waals surface area (Å²) in [5.74, 6) is 0.563. The predicted octanol–water partition coefficient (Wildman–Crippen LogP) is 2.65. The molecule has 1 aromatic carbocycles. The van der Waals surface area contributed by atoms with Crippen molar-refractivity contribution in [3.05, 3.63) is 35.9 Å². The second-order valence-corrected chi connectivity index (χ2v) is 5.62. The Morgan fingerprint density at radius 1 is 1.09 bits per heavy atom. The molecule has 0 spiro atoms. The summed E-state index contributed by atoms with van der Waals surface area (Å²) in [5.41, 5.74) is 7.21. The molecule has 4 nitrogen and oxygen atoms in total. The molecule has 0 radical (unpaired) electrons. The average Bonchev–Trinajstić information content (AvgIpc) is 2.53. The number of guanidine groups is 1. The lowest BCUT2D eigenvalue weighted by atomic mass is 10.1. The van der Waals surface area contributed by atoms with E-state index in [0.717, 1.165) is 32.5 Å². The Morgan fingerprint density at radius 3 is 2.41 bits per heavy atom. The zero-order valence-corrected chi connectivity index (χ0v) is 14.2. The van der Waals surface area contributed by atoms with Crippen molar-refractivity contribution in [2.24, 2.45) is 10.7 Å². The second-order valence-electron chi connectivity index (χ2n) is 5.62. The first-order chi connectivity index (χ1) is 10.8. The molecule has 0 aromatic heterocycles. The van der Waals surface area contributed by atoms with Crippen molar-refractivity contribution < 1.29 is 0 Å². The maximum Gasteiger partial charge on any atom is 0.188 e. The summed E-state index contributed by atoms with van der Waals surface area (Å²) in [7, 11) is 0. The van der Waals surface area contributed by atoms with E-state index in [-0.39, 0.29) is 0 Å². The summed E-state index contributed by atoms with van der Waals surface area (Å²) in [6, 6.07) is 10.4. The Hall–Kier alpha value is -1.55. The van der Waals surface area contributed by atoms with Crippen molar-refractivity contribution in [1.82, 2.24) is 10.2 Å². The largest absolute Gasteiger partial charge is 0.370 e. The highest BCUT2D eigenvalue weighted by Crippen LogP contribution is 1.98. The normalized spacial score (nSPS) is 11.9. The van der Waals surface area contributed by atoms with Crippen molar-refractivity contribution in [3.8, 4) is 0 Å². The molecule has 0 aliphatic heterocycles. The third kappa shape index (κ3) is 8.67. The molecule has 0 amide bonds. The van der Waals surface area contributed by atoms with Crippen molar-refractivity contribution in [2.45, 2.75) is 39.5 Å². The van der Waals surface area contributed by atoms with Gasteiger partial charge < -0.3 is 16.0 Å². The lowest BCUT2D eigenvalue weighted by Crippen LogP contribution is -2.33. The van der Waals surface area contributed by atoms with E-state index < -0.39 is 0 Å². The van der Waals surface area contributed by atoms with E-state index in [2.05, 4.69) is 53.3 Å². The minimum absolute atomic E-state index is 0.563. The van der Waals surface area contributed by atoms with Gasteiger partial charge in [-0.25, -0.2) is 0 Å². The van der Waals surface area contributed by atoms with Gasteiger partial charge in [0.2, 0.25) is 0 Å². The summed E-state index contributed by atoms with van der Waals surface area (Å²) >= 11 is 0. The van der Waals surface area contributed by atoms with Crippen LogP contribution in [-0.4, -0.2) is 43.6 Å². The molecule has 0 unspecified atom stereocenters. The van der Waals surface area contributed by atoms with Crippen LogP contribution < -0.4 is 11.1 Å². The van der Waals surface area contributed by atoms with Gasteiger partial charge in [-0.2, -0.15) is 0 Å². The minimum atomic E-state index is 0.563. The van der Waals surface area contributed by atoms with Gasteiger partial charge in [0, 0.05) is 13.1 Å². The molecule has 3 N–H and O–H groups in total. The minimum Gasteiger partial charge on any atom is -0.370 e. The Kier molecular flexibility index (Phi) is 10.1. The molecule has 22 heavy (non-hydrogen) atoms. The molecule has 1 rings (SSSR count). The first kappa shape index (κ1) is 18.5. The summed E-state index contributed by atoms with van der Waals surface area (Å²) < 4.78 is 0. The standard InChI is InChI=1S/C18H32N4/c1-3-14-22(15-4-2)16-8-12-20-18(19)21-13-11-17-9-6-5-7-10-17/h5-7,9-10H,3-4,8,11-16H2,1-2H3,(H3,19,20,21).